The average molecular weight is 364 g/mol. The highest BCUT2D eigenvalue weighted by Crippen LogP contribution is 2.53. The van der Waals surface area contributed by atoms with Crippen LogP contribution >= 0.6 is 0 Å². The molecule has 2 saturated heterocycles. The van der Waals surface area contributed by atoms with E-state index in [-0.39, 0.29) is 41.4 Å². The van der Waals surface area contributed by atoms with Crippen LogP contribution in [0.15, 0.2) is 36.4 Å². The van der Waals surface area contributed by atoms with Crippen molar-refractivity contribution in [1.29, 1.82) is 0 Å². The van der Waals surface area contributed by atoms with E-state index in [0.29, 0.717) is 12.1 Å². The van der Waals surface area contributed by atoms with Crippen LogP contribution in [0.5, 0.6) is 0 Å². The lowest BCUT2D eigenvalue weighted by Gasteiger charge is -2.26. The van der Waals surface area contributed by atoms with Crippen LogP contribution in [-0.4, -0.2) is 35.7 Å². The maximum Gasteiger partial charge on any atom is 0.238 e. The molecule has 1 saturated carbocycles. The lowest BCUT2D eigenvalue weighted by molar-refractivity contribution is -0.131. The zero-order valence-electron chi connectivity index (χ0n) is 15.3. The molecule has 4 aliphatic rings. The molecule has 2 heterocycles. The molecule has 1 aromatic carbocycles. The van der Waals surface area contributed by atoms with Crippen molar-refractivity contribution in [2.75, 3.05) is 18.0 Å². The number of likely N-dealkylation sites (tertiary alicyclic amines) is 1. The number of benzene rings is 1. The van der Waals surface area contributed by atoms with E-state index in [0.717, 1.165) is 37.9 Å². The van der Waals surface area contributed by atoms with Gasteiger partial charge in [-0.05, 0) is 55.2 Å². The molecular formula is C22H24N2O3. The second-order valence-electron chi connectivity index (χ2n) is 8.30. The molecule has 3 amide bonds. The minimum Gasteiger partial charge on any atom is -0.342 e. The topological polar surface area (TPSA) is 57.7 Å². The first kappa shape index (κ1) is 16.7. The van der Waals surface area contributed by atoms with Gasteiger partial charge in [0.05, 0.1) is 23.9 Å². The van der Waals surface area contributed by atoms with Crippen LogP contribution in [0, 0.1) is 23.7 Å². The van der Waals surface area contributed by atoms with E-state index in [1.165, 1.54) is 11.3 Å². The quantitative estimate of drug-likeness (QED) is 0.612. The van der Waals surface area contributed by atoms with Gasteiger partial charge in [0.25, 0.3) is 0 Å². The third kappa shape index (κ3) is 2.63. The van der Waals surface area contributed by atoms with Gasteiger partial charge in [-0.15, -0.1) is 0 Å². The van der Waals surface area contributed by atoms with Gasteiger partial charge in [-0.3, -0.25) is 19.3 Å². The number of imide groups is 1. The Bertz CT molecular complexity index is 792. The normalized spacial score (nSPS) is 31.7. The Hall–Kier alpha value is -2.43. The summed E-state index contributed by atoms with van der Waals surface area (Å²) in [5.74, 6) is 0.150. The van der Waals surface area contributed by atoms with E-state index >= 15 is 0 Å². The van der Waals surface area contributed by atoms with Crippen molar-refractivity contribution in [2.24, 2.45) is 23.7 Å². The molecule has 2 aliphatic carbocycles. The number of rotatable bonds is 3. The van der Waals surface area contributed by atoms with Crippen LogP contribution in [0.1, 0.15) is 31.2 Å². The molecule has 0 aromatic heterocycles. The van der Waals surface area contributed by atoms with Gasteiger partial charge in [-0.25, -0.2) is 0 Å². The maximum atomic E-state index is 12.9. The molecule has 0 N–H and O–H groups in total. The van der Waals surface area contributed by atoms with E-state index in [9.17, 15) is 14.4 Å². The fraction of sp³-hybridized carbons (Fsp3) is 0.500. The molecule has 3 fully saturated rings. The Kier molecular flexibility index (Phi) is 3.92. The minimum atomic E-state index is -0.173. The summed E-state index contributed by atoms with van der Waals surface area (Å²) in [5, 5.41) is 0. The van der Waals surface area contributed by atoms with Crippen LogP contribution in [0.3, 0.4) is 0 Å². The Labute approximate surface area is 159 Å². The standard InChI is InChI=1S/C22H24N2O3/c25-18(23-10-2-1-3-11-23)12-14-4-8-17(9-5-14)24-21(26)19-15-6-7-16(13-15)20(19)22(24)27/h4-9,15-16,19-20H,1-3,10-13H2. The molecule has 5 nitrogen and oxygen atoms in total. The third-order valence-electron chi connectivity index (χ3n) is 6.73. The Morgan fingerprint density at radius 3 is 2.07 bits per heavy atom. The molecule has 4 atom stereocenters. The molecule has 0 spiro atoms. The second-order valence-corrected chi connectivity index (χ2v) is 8.30. The minimum absolute atomic E-state index is 0.0565. The first-order valence-electron chi connectivity index (χ1n) is 10.1. The Morgan fingerprint density at radius 2 is 1.48 bits per heavy atom. The van der Waals surface area contributed by atoms with Crippen molar-refractivity contribution in [3.8, 4) is 0 Å². The zero-order valence-corrected chi connectivity index (χ0v) is 15.3. The molecule has 0 radical (unpaired) electrons. The van der Waals surface area contributed by atoms with Crippen molar-refractivity contribution in [3.63, 3.8) is 0 Å². The summed E-state index contributed by atoms with van der Waals surface area (Å²) >= 11 is 0. The Morgan fingerprint density at radius 1 is 0.889 bits per heavy atom. The van der Waals surface area contributed by atoms with E-state index in [4.69, 9.17) is 0 Å². The van der Waals surface area contributed by atoms with Gasteiger partial charge >= 0.3 is 0 Å². The van der Waals surface area contributed by atoms with Crippen LogP contribution in [0.25, 0.3) is 0 Å². The summed E-state index contributed by atoms with van der Waals surface area (Å²) in [7, 11) is 0. The van der Waals surface area contributed by atoms with Gasteiger partial charge in [0, 0.05) is 13.1 Å². The number of hydrogen-bond acceptors (Lipinski definition) is 3. The van der Waals surface area contributed by atoms with Gasteiger partial charge < -0.3 is 4.90 Å². The van der Waals surface area contributed by atoms with Gasteiger partial charge in [0.15, 0.2) is 0 Å². The van der Waals surface area contributed by atoms with Crippen LogP contribution in [0.4, 0.5) is 5.69 Å². The van der Waals surface area contributed by atoms with E-state index in [2.05, 4.69) is 12.2 Å². The van der Waals surface area contributed by atoms with Gasteiger partial charge in [-0.2, -0.15) is 0 Å². The van der Waals surface area contributed by atoms with Crippen molar-refractivity contribution in [2.45, 2.75) is 32.1 Å². The van der Waals surface area contributed by atoms with Crippen LogP contribution in [0.2, 0.25) is 0 Å². The van der Waals surface area contributed by atoms with Gasteiger partial charge in [-0.1, -0.05) is 24.3 Å². The van der Waals surface area contributed by atoms with Crippen molar-refractivity contribution in [3.05, 3.63) is 42.0 Å². The maximum absolute atomic E-state index is 12.9. The SMILES string of the molecule is O=C(Cc1ccc(N2C(=O)C3C4C=CC(C4)C3C2=O)cc1)N1CCCCC1. The zero-order chi connectivity index (χ0) is 18.5. The average Bonchev–Trinajstić information content (AvgIpc) is 3.37. The number of carbonyl (C=O) groups is 3. The lowest BCUT2D eigenvalue weighted by atomic mass is 9.85. The summed E-state index contributed by atoms with van der Waals surface area (Å²) in [6, 6.07) is 7.37. The molecular weight excluding hydrogens is 340 g/mol. The van der Waals surface area contributed by atoms with Crippen LogP contribution < -0.4 is 4.90 Å². The number of nitrogens with zero attached hydrogens (tertiary/aromatic N) is 2. The first-order chi connectivity index (χ1) is 13.1. The van der Waals surface area contributed by atoms with Gasteiger partial charge in [0.2, 0.25) is 17.7 Å². The summed E-state index contributed by atoms with van der Waals surface area (Å²) < 4.78 is 0. The smallest absolute Gasteiger partial charge is 0.238 e. The second kappa shape index (κ2) is 6.32. The molecule has 1 aromatic rings. The monoisotopic (exact) mass is 364 g/mol. The third-order valence-corrected chi connectivity index (χ3v) is 6.73. The summed E-state index contributed by atoms with van der Waals surface area (Å²) in [6.07, 6.45) is 8.91. The number of fused-ring (bicyclic) bond motifs is 5. The molecule has 4 unspecified atom stereocenters. The van der Waals surface area contributed by atoms with Crippen molar-refractivity contribution < 1.29 is 14.4 Å². The predicted octanol–water partition coefficient (Wildman–Crippen LogP) is 2.55. The number of carbonyl (C=O) groups excluding carboxylic acids is 3. The van der Waals surface area contributed by atoms with E-state index in [1.54, 1.807) is 0 Å². The number of amides is 3. The highest BCUT2D eigenvalue weighted by atomic mass is 16.2. The largest absolute Gasteiger partial charge is 0.342 e. The van der Waals surface area contributed by atoms with Gasteiger partial charge in [0.1, 0.15) is 0 Å². The summed E-state index contributed by atoms with van der Waals surface area (Å²) in [6.45, 7) is 1.71. The molecule has 140 valence electrons. The number of allylic oxidation sites excluding steroid dienone is 2. The highest BCUT2D eigenvalue weighted by Gasteiger charge is 2.59. The van der Waals surface area contributed by atoms with E-state index < -0.39 is 0 Å². The van der Waals surface area contributed by atoms with Crippen molar-refractivity contribution >= 4 is 23.4 Å². The predicted molar refractivity (Wildman–Crippen MR) is 101 cm³/mol. The molecule has 5 heteroatoms. The first-order valence-corrected chi connectivity index (χ1v) is 10.1. The van der Waals surface area contributed by atoms with E-state index in [1.807, 2.05) is 29.2 Å². The number of anilines is 1. The number of piperidine rings is 1. The Balaban J connectivity index is 1.30. The highest BCUT2D eigenvalue weighted by molar-refractivity contribution is 6.22. The molecule has 27 heavy (non-hydrogen) atoms. The fourth-order valence-corrected chi connectivity index (χ4v) is 5.35. The van der Waals surface area contributed by atoms with Crippen molar-refractivity contribution in [1.82, 2.24) is 4.90 Å². The molecule has 2 bridgehead atoms. The summed E-state index contributed by atoms with van der Waals surface area (Å²) in [4.78, 5) is 41.5. The molecule has 2 aliphatic heterocycles. The van der Waals surface area contributed by atoms with Crippen LogP contribution in [-0.2, 0) is 20.8 Å². The summed E-state index contributed by atoms with van der Waals surface area (Å²) in [5.41, 5.74) is 1.56. The number of hydrogen-bond donors (Lipinski definition) is 0. The fourth-order valence-electron chi connectivity index (χ4n) is 5.35. The lowest BCUT2D eigenvalue weighted by Crippen LogP contribution is -2.36. The molecule has 5 rings (SSSR count).